The van der Waals surface area contributed by atoms with Gasteiger partial charge in [0.05, 0.1) is 6.61 Å². The van der Waals surface area contributed by atoms with E-state index in [0.29, 0.717) is 26.4 Å². The molecule has 7 heteroatoms. The van der Waals surface area contributed by atoms with Crippen molar-refractivity contribution >= 4 is 29.9 Å². The Hall–Kier alpha value is -1.06. The largest absolute Gasteiger partial charge is 0.491 e. The summed E-state index contributed by atoms with van der Waals surface area (Å²) in [6.07, 6.45) is 0. The predicted molar refractivity (Wildman–Crippen MR) is 125 cm³/mol. The number of aryl methyl sites for hydroxylation is 1. The minimum absolute atomic E-state index is 0. The number of nitrogens with one attached hydrogen (secondary N) is 2. The van der Waals surface area contributed by atoms with Gasteiger partial charge in [-0.25, -0.2) is 0 Å². The molecule has 0 bridgehead atoms. The van der Waals surface area contributed by atoms with Gasteiger partial charge >= 0.3 is 0 Å². The monoisotopic (exact) mass is 492 g/mol. The second-order valence-electron chi connectivity index (χ2n) is 6.04. The molecule has 0 saturated carbocycles. The Kier molecular flexibility index (Phi) is 15.3. The zero-order valence-corrected chi connectivity index (χ0v) is 19.8. The Balaban J connectivity index is 0.00000676. The molecule has 0 fully saturated rings. The van der Waals surface area contributed by atoms with E-state index in [1.165, 1.54) is 5.56 Å². The molecule has 1 rings (SSSR count). The standard InChI is InChI=1S/C20H36N4O2.HI/c1-6-24(7-2)12-11-22-20(21-5)23-16-18-10-9-17(4)15-19(18)26-14-13-25-8-3;/h9-10,15H,6-8,11-14,16H2,1-5H3,(H2,21,22,23);1H. The van der Waals surface area contributed by atoms with E-state index in [4.69, 9.17) is 9.47 Å². The third-order valence-electron chi connectivity index (χ3n) is 4.20. The minimum Gasteiger partial charge on any atom is -0.491 e. The SMILES string of the molecule is CCOCCOc1cc(C)ccc1CNC(=NC)NCCN(CC)CC.I. The van der Waals surface area contributed by atoms with Crippen LogP contribution in [0.4, 0.5) is 0 Å². The van der Waals surface area contributed by atoms with Gasteiger partial charge in [0.25, 0.3) is 0 Å². The molecule has 27 heavy (non-hydrogen) atoms. The van der Waals surface area contributed by atoms with E-state index < -0.39 is 0 Å². The van der Waals surface area contributed by atoms with E-state index in [1.807, 2.05) is 6.92 Å². The molecule has 156 valence electrons. The maximum atomic E-state index is 5.90. The molecule has 0 spiro atoms. The Labute approximate surface area is 182 Å². The van der Waals surface area contributed by atoms with E-state index in [2.05, 4.69) is 59.5 Å². The van der Waals surface area contributed by atoms with E-state index >= 15 is 0 Å². The lowest BCUT2D eigenvalue weighted by Gasteiger charge is -2.19. The number of likely N-dealkylation sites (N-methyl/N-ethyl adjacent to an activating group) is 1. The molecular weight excluding hydrogens is 455 g/mol. The van der Waals surface area contributed by atoms with Gasteiger partial charge in [0, 0.05) is 38.9 Å². The maximum Gasteiger partial charge on any atom is 0.191 e. The van der Waals surface area contributed by atoms with Crippen LogP contribution in [0.3, 0.4) is 0 Å². The van der Waals surface area contributed by atoms with Gasteiger partial charge < -0.3 is 25.0 Å². The van der Waals surface area contributed by atoms with E-state index in [9.17, 15) is 0 Å². The highest BCUT2D eigenvalue weighted by atomic mass is 127. The quantitative estimate of drug-likeness (QED) is 0.203. The summed E-state index contributed by atoms with van der Waals surface area (Å²) < 4.78 is 11.2. The van der Waals surface area contributed by atoms with Gasteiger partial charge in [-0.05, 0) is 38.6 Å². The Morgan fingerprint density at radius 1 is 1.11 bits per heavy atom. The van der Waals surface area contributed by atoms with Crippen LogP contribution in [0, 0.1) is 6.92 Å². The smallest absolute Gasteiger partial charge is 0.191 e. The van der Waals surface area contributed by atoms with Gasteiger partial charge in [-0.3, -0.25) is 4.99 Å². The number of benzene rings is 1. The van der Waals surface area contributed by atoms with Crippen molar-refractivity contribution in [2.75, 3.05) is 53.0 Å². The highest BCUT2D eigenvalue weighted by Gasteiger charge is 2.06. The van der Waals surface area contributed by atoms with Crippen LogP contribution in [0.5, 0.6) is 5.75 Å². The van der Waals surface area contributed by atoms with Crippen molar-refractivity contribution in [3.63, 3.8) is 0 Å². The van der Waals surface area contributed by atoms with Crippen molar-refractivity contribution in [1.82, 2.24) is 15.5 Å². The van der Waals surface area contributed by atoms with Crippen molar-refractivity contribution in [3.05, 3.63) is 29.3 Å². The van der Waals surface area contributed by atoms with Gasteiger partial charge in [0.15, 0.2) is 5.96 Å². The number of aliphatic imine (C=N–C) groups is 1. The number of hydrogen-bond donors (Lipinski definition) is 2. The van der Waals surface area contributed by atoms with E-state index in [1.54, 1.807) is 7.05 Å². The average Bonchev–Trinajstić information content (AvgIpc) is 2.66. The molecule has 6 nitrogen and oxygen atoms in total. The van der Waals surface area contributed by atoms with E-state index in [0.717, 1.165) is 43.5 Å². The normalized spacial score (nSPS) is 11.3. The van der Waals surface area contributed by atoms with Gasteiger partial charge in [-0.2, -0.15) is 0 Å². The molecular formula is C20H37IN4O2. The average molecular weight is 492 g/mol. The summed E-state index contributed by atoms with van der Waals surface area (Å²) in [5.74, 6) is 1.70. The second-order valence-corrected chi connectivity index (χ2v) is 6.04. The molecule has 0 radical (unpaired) electrons. The number of ether oxygens (including phenoxy) is 2. The van der Waals surface area contributed by atoms with Crippen LogP contribution in [0.25, 0.3) is 0 Å². The van der Waals surface area contributed by atoms with Crippen molar-refractivity contribution in [2.24, 2.45) is 4.99 Å². The summed E-state index contributed by atoms with van der Waals surface area (Å²) in [4.78, 5) is 6.68. The lowest BCUT2D eigenvalue weighted by Crippen LogP contribution is -2.41. The molecule has 0 unspecified atom stereocenters. The van der Waals surface area contributed by atoms with Crippen molar-refractivity contribution in [1.29, 1.82) is 0 Å². The topological polar surface area (TPSA) is 58.1 Å². The van der Waals surface area contributed by atoms with Crippen LogP contribution in [0.1, 0.15) is 31.9 Å². The van der Waals surface area contributed by atoms with Crippen LogP contribution >= 0.6 is 24.0 Å². The molecule has 0 heterocycles. The Morgan fingerprint density at radius 3 is 2.48 bits per heavy atom. The Morgan fingerprint density at radius 2 is 1.85 bits per heavy atom. The third kappa shape index (κ3) is 10.8. The summed E-state index contributed by atoms with van der Waals surface area (Å²) in [6, 6.07) is 6.27. The lowest BCUT2D eigenvalue weighted by molar-refractivity contribution is 0.110. The fourth-order valence-corrected chi connectivity index (χ4v) is 2.57. The second kappa shape index (κ2) is 15.9. The number of rotatable bonds is 12. The van der Waals surface area contributed by atoms with Crippen molar-refractivity contribution in [2.45, 2.75) is 34.2 Å². The van der Waals surface area contributed by atoms with Gasteiger partial charge in [-0.15, -0.1) is 24.0 Å². The summed E-state index contributed by atoms with van der Waals surface area (Å²) in [7, 11) is 1.79. The number of nitrogens with zero attached hydrogens (tertiary/aromatic N) is 2. The van der Waals surface area contributed by atoms with Crippen LogP contribution in [-0.2, 0) is 11.3 Å². The van der Waals surface area contributed by atoms with Gasteiger partial charge in [0.1, 0.15) is 12.4 Å². The summed E-state index contributed by atoms with van der Waals surface area (Å²) in [5, 5.41) is 6.73. The number of guanidine groups is 1. The Bertz CT molecular complexity index is 537. The molecule has 0 amide bonds. The zero-order valence-electron chi connectivity index (χ0n) is 17.5. The van der Waals surface area contributed by atoms with Crippen molar-refractivity contribution < 1.29 is 9.47 Å². The molecule has 0 aliphatic carbocycles. The molecule has 0 atom stereocenters. The summed E-state index contributed by atoms with van der Waals surface area (Å²) in [5.41, 5.74) is 2.29. The highest BCUT2D eigenvalue weighted by Crippen LogP contribution is 2.20. The molecule has 0 aliphatic heterocycles. The summed E-state index contributed by atoms with van der Waals surface area (Å²) in [6.45, 7) is 15.0. The first-order valence-corrected chi connectivity index (χ1v) is 9.61. The number of halogens is 1. The van der Waals surface area contributed by atoms with E-state index in [-0.39, 0.29) is 24.0 Å². The summed E-state index contributed by atoms with van der Waals surface area (Å²) >= 11 is 0. The fourth-order valence-electron chi connectivity index (χ4n) is 2.57. The number of hydrogen-bond acceptors (Lipinski definition) is 4. The molecule has 1 aromatic carbocycles. The highest BCUT2D eigenvalue weighted by molar-refractivity contribution is 14.0. The zero-order chi connectivity index (χ0) is 19.2. The maximum absolute atomic E-state index is 5.90. The minimum atomic E-state index is 0. The molecule has 1 aromatic rings. The van der Waals surface area contributed by atoms with Crippen LogP contribution in [-0.4, -0.2) is 63.9 Å². The van der Waals surface area contributed by atoms with Crippen LogP contribution < -0.4 is 15.4 Å². The van der Waals surface area contributed by atoms with Crippen LogP contribution in [0.15, 0.2) is 23.2 Å². The first kappa shape index (κ1) is 25.9. The van der Waals surface area contributed by atoms with Crippen LogP contribution in [0.2, 0.25) is 0 Å². The first-order valence-electron chi connectivity index (χ1n) is 9.61. The van der Waals surface area contributed by atoms with Gasteiger partial charge in [0.2, 0.25) is 0 Å². The lowest BCUT2D eigenvalue weighted by atomic mass is 10.1. The molecule has 0 saturated heterocycles. The third-order valence-corrected chi connectivity index (χ3v) is 4.20. The first-order chi connectivity index (χ1) is 12.6. The fraction of sp³-hybridized carbons (Fsp3) is 0.650. The van der Waals surface area contributed by atoms with Crippen molar-refractivity contribution in [3.8, 4) is 5.75 Å². The molecule has 0 aliphatic rings. The molecule has 2 N–H and O–H groups in total. The predicted octanol–water partition coefficient (Wildman–Crippen LogP) is 3.04. The molecule has 0 aromatic heterocycles. The van der Waals surface area contributed by atoms with Gasteiger partial charge in [-0.1, -0.05) is 26.0 Å².